The molecule has 0 heterocycles. The largest absolute Gasteiger partial charge is 0.0622 e. The van der Waals surface area contributed by atoms with E-state index in [0.717, 1.165) is 0 Å². The Bertz CT molecular complexity index is 1020. The molecule has 2 atom stereocenters. The van der Waals surface area contributed by atoms with Gasteiger partial charge in [-0.2, -0.15) is 0 Å². The van der Waals surface area contributed by atoms with Crippen LogP contribution < -0.4 is 21.2 Å². The van der Waals surface area contributed by atoms with Gasteiger partial charge in [0.15, 0.2) is 0 Å². The molecule has 0 bridgehead atoms. The van der Waals surface area contributed by atoms with Crippen LogP contribution in [0.2, 0.25) is 0 Å². The zero-order chi connectivity index (χ0) is 21.8. The first kappa shape index (κ1) is 22.0. The highest BCUT2D eigenvalue weighted by atomic mass is 31.2. The molecule has 4 aromatic carbocycles. The van der Waals surface area contributed by atoms with Gasteiger partial charge in [0.2, 0.25) is 0 Å². The second-order valence-corrected chi connectivity index (χ2v) is 13.3. The van der Waals surface area contributed by atoms with Crippen molar-refractivity contribution >= 4 is 37.1 Å². The molecule has 0 spiro atoms. The van der Waals surface area contributed by atoms with Gasteiger partial charge in [-0.05, 0) is 64.8 Å². The molecular formula is C29H30P2. The normalized spacial score (nSPS) is 13.0. The van der Waals surface area contributed by atoms with Crippen molar-refractivity contribution in [3.8, 4) is 0 Å². The van der Waals surface area contributed by atoms with Crippen LogP contribution in [0.5, 0.6) is 0 Å². The van der Waals surface area contributed by atoms with E-state index in [0.29, 0.717) is 0 Å². The van der Waals surface area contributed by atoms with E-state index in [1.807, 2.05) is 0 Å². The van der Waals surface area contributed by atoms with E-state index in [1.165, 1.54) is 49.4 Å². The Hall–Kier alpha value is -2.26. The lowest BCUT2D eigenvalue weighted by atomic mass is 10.2. The zero-order valence-electron chi connectivity index (χ0n) is 18.8. The lowest BCUT2D eigenvalue weighted by Gasteiger charge is -2.27. The van der Waals surface area contributed by atoms with Crippen LogP contribution in [-0.4, -0.2) is 5.90 Å². The van der Waals surface area contributed by atoms with Gasteiger partial charge in [0.1, 0.15) is 0 Å². The van der Waals surface area contributed by atoms with Crippen molar-refractivity contribution in [1.82, 2.24) is 0 Å². The summed E-state index contributed by atoms with van der Waals surface area (Å²) in [6.45, 7) is 8.88. The molecule has 0 amide bonds. The van der Waals surface area contributed by atoms with Crippen LogP contribution in [0.15, 0.2) is 97.1 Å². The molecule has 0 aromatic heterocycles. The maximum atomic E-state index is 2.41. The monoisotopic (exact) mass is 440 g/mol. The van der Waals surface area contributed by atoms with Gasteiger partial charge in [0, 0.05) is 5.90 Å². The highest BCUT2D eigenvalue weighted by Gasteiger charge is 2.23. The molecule has 0 nitrogen and oxygen atoms in total. The molecule has 0 aliphatic rings. The van der Waals surface area contributed by atoms with E-state index in [-0.39, 0.29) is 0 Å². The van der Waals surface area contributed by atoms with E-state index < -0.39 is 15.8 Å². The molecular weight excluding hydrogens is 410 g/mol. The molecule has 0 saturated carbocycles. The van der Waals surface area contributed by atoms with Crippen molar-refractivity contribution in [1.29, 1.82) is 0 Å². The van der Waals surface area contributed by atoms with E-state index in [4.69, 9.17) is 0 Å². The van der Waals surface area contributed by atoms with Crippen LogP contribution in [-0.2, 0) is 0 Å². The van der Waals surface area contributed by atoms with Crippen molar-refractivity contribution in [2.24, 2.45) is 0 Å². The van der Waals surface area contributed by atoms with Gasteiger partial charge in [-0.1, -0.05) is 119 Å². The van der Waals surface area contributed by atoms with Gasteiger partial charge in [0.05, 0.1) is 0 Å². The Labute approximate surface area is 189 Å². The van der Waals surface area contributed by atoms with Gasteiger partial charge in [0.25, 0.3) is 0 Å². The summed E-state index contributed by atoms with van der Waals surface area (Å²) >= 11 is 0. The molecule has 0 aliphatic carbocycles. The number of hydrogen-bond acceptors (Lipinski definition) is 0. The van der Waals surface area contributed by atoms with Crippen LogP contribution in [0.4, 0.5) is 0 Å². The number of rotatable bonds is 6. The fourth-order valence-corrected chi connectivity index (χ4v) is 11.0. The summed E-state index contributed by atoms with van der Waals surface area (Å²) in [5, 5.41) is 5.92. The molecule has 2 heteroatoms. The average molecular weight is 441 g/mol. The maximum Gasteiger partial charge on any atom is 0.00405 e. The van der Waals surface area contributed by atoms with Gasteiger partial charge >= 0.3 is 0 Å². The van der Waals surface area contributed by atoms with Gasteiger partial charge in [-0.15, -0.1) is 0 Å². The molecule has 4 aromatic rings. The minimum absolute atomic E-state index is 0.460. The number of benzene rings is 4. The molecule has 31 heavy (non-hydrogen) atoms. The fourth-order valence-electron chi connectivity index (χ4n) is 4.20. The number of aryl methyl sites for hydroxylation is 4. The van der Waals surface area contributed by atoms with E-state index in [1.54, 1.807) is 0 Å². The summed E-state index contributed by atoms with van der Waals surface area (Å²) in [6.07, 6.45) is 0. The third-order valence-corrected chi connectivity index (χ3v) is 11.3. The van der Waals surface area contributed by atoms with E-state index >= 15 is 0 Å². The van der Waals surface area contributed by atoms with Crippen LogP contribution in [0.3, 0.4) is 0 Å². The van der Waals surface area contributed by atoms with Gasteiger partial charge < -0.3 is 0 Å². The SMILES string of the molecule is Cc1cc(C)cc(P(CP(c2ccccc2)c2cc(C)cc(C)c2)c2ccccc2)c1. The number of hydrogen-bond donors (Lipinski definition) is 0. The first-order valence-corrected chi connectivity index (χ1v) is 13.9. The van der Waals surface area contributed by atoms with Crippen molar-refractivity contribution in [3.05, 3.63) is 119 Å². The fraction of sp³-hybridized carbons (Fsp3) is 0.172. The van der Waals surface area contributed by atoms with Crippen molar-refractivity contribution in [2.75, 3.05) is 5.90 Å². The van der Waals surface area contributed by atoms with Crippen LogP contribution in [0, 0.1) is 27.7 Å². The smallest absolute Gasteiger partial charge is 0.00405 e. The minimum atomic E-state index is -0.460. The van der Waals surface area contributed by atoms with Crippen molar-refractivity contribution in [2.45, 2.75) is 27.7 Å². The highest BCUT2D eigenvalue weighted by molar-refractivity contribution is 7.88. The molecule has 0 N–H and O–H groups in total. The zero-order valence-corrected chi connectivity index (χ0v) is 20.6. The topological polar surface area (TPSA) is 0 Å². The second-order valence-electron chi connectivity index (χ2n) is 8.36. The lowest BCUT2D eigenvalue weighted by Crippen LogP contribution is -2.20. The quantitative estimate of drug-likeness (QED) is 0.303. The molecule has 0 saturated heterocycles. The first-order chi connectivity index (χ1) is 15.0. The standard InChI is InChI=1S/C29H30P2/c1-22-15-23(2)18-28(17-22)30(26-11-7-5-8-12-26)21-31(27-13-9-6-10-14-27)29-19-24(3)16-25(4)20-29/h5-20H,21H2,1-4H3. The third-order valence-electron chi connectivity index (χ3n) is 5.45. The Morgan fingerprint density at radius 3 is 1.06 bits per heavy atom. The lowest BCUT2D eigenvalue weighted by molar-refractivity contribution is 1.40. The van der Waals surface area contributed by atoms with Crippen molar-refractivity contribution in [3.63, 3.8) is 0 Å². The van der Waals surface area contributed by atoms with Crippen molar-refractivity contribution < 1.29 is 0 Å². The Kier molecular flexibility index (Phi) is 7.02. The summed E-state index contributed by atoms with van der Waals surface area (Å²) in [5.74, 6) is 1.17. The first-order valence-electron chi connectivity index (χ1n) is 10.8. The molecule has 156 valence electrons. The van der Waals surface area contributed by atoms with Gasteiger partial charge in [-0.3, -0.25) is 0 Å². The van der Waals surface area contributed by atoms with Gasteiger partial charge in [-0.25, -0.2) is 0 Å². The molecule has 0 fully saturated rings. The predicted molar refractivity (Wildman–Crippen MR) is 142 cm³/mol. The molecule has 4 rings (SSSR count). The second kappa shape index (κ2) is 9.91. The summed E-state index contributed by atoms with van der Waals surface area (Å²) < 4.78 is 0. The summed E-state index contributed by atoms with van der Waals surface area (Å²) in [7, 11) is -0.921. The van der Waals surface area contributed by atoms with E-state index in [9.17, 15) is 0 Å². The third kappa shape index (κ3) is 5.51. The average Bonchev–Trinajstić information content (AvgIpc) is 2.74. The molecule has 2 unspecified atom stereocenters. The summed E-state index contributed by atoms with van der Waals surface area (Å²) in [4.78, 5) is 0. The Balaban J connectivity index is 1.84. The van der Waals surface area contributed by atoms with Crippen LogP contribution in [0.25, 0.3) is 0 Å². The highest BCUT2D eigenvalue weighted by Crippen LogP contribution is 2.49. The Morgan fingerprint density at radius 1 is 0.419 bits per heavy atom. The minimum Gasteiger partial charge on any atom is -0.0622 e. The predicted octanol–water partition coefficient (Wildman–Crippen LogP) is 6.44. The van der Waals surface area contributed by atoms with Crippen LogP contribution >= 0.6 is 15.8 Å². The molecule has 0 aliphatic heterocycles. The Morgan fingerprint density at radius 2 is 0.742 bits per heavy atom. The summed E-state index contributed by atoms with van der Waals surface area (Å²) in [5.41, 5.74) is 5.42. The maximum absolute atomic E-state index is 2.41. The van der Waals surface area contributed by atoms with Crippen LogP contribution in [0.1, 0.15) is 22.3 Å². The van der Waals surface area contributed by atoms with E-state index in [2.05, 4.69) is 125 Å². The summed E-state index contributed by atoms with van der Waals surface area (Å²) in [6, 6.07) is 36.5. The molecule has 0 radical (unpaired) electrons.